The summed E-state index contributed by atoms with van der Waals surface area (Å²) in [6.45, 7) is 3.84. The molecule has 0 bridgehead atoms. The Morgan fingerprint density at radius 1 is 1.62 bits per heavy atom. The van der Waals surface area contributed by atoms with Gasteiger partial charge in [0.2, 0.25) is 5.82 Å². The summed E-state index contributed by atoms with van der Waals surface area (Å²) in [5.41, 5.74) is -0.0729. The number of nitro groups is 1. The molecule has 0 amide bonds. The summed E-state index contributed by atoms with van der Waals surface area (Å²) in [5.74, 6) is -0.893. The summed E-state index contributed by atoms with van der Waals surface area (Å²) in [5, 5.41) is 10.5. The normalized spacial score (nSPS) is 10.5. The molecule has 88 valence electrons. The van der Waals surface area contributed by atoms with E-state index in [9.17, 15) is 14.5 Å². The van der Waals surface area contributed by atoms with Gasteiger partial charge in [-0.3, -0.25) is 10.1 Å². The van der Waals surface area contributed by atoms with E-state index in [4.69, 9.17) is 16.3 Å². The summed E-state index contributed by atoms with van der Waals surface area (Å²) in [6.07, 6.45) is 0. The molecule has 1 aromatic carbocycles. The zero-order chi connectivity index (χ0) is 12.3. The fourth-order valence-electron chi connectivity index (χ4n) is 1.30. The lowest BCUT2D eigenvalue weighted by molar-refractivity contribution is -0.387. The van der Waals surface area contributed by atoms with E-state index in [0.29, 0.717) is 12.2 Å². The Labute approximate surface area is 97.1 Å². The summed E-state index contributed by atoms with van der Waals surface area (Å²) in [7, 11) is 0. The molecular formula is C10H11ClFNO3. The van der Waals surface area contributed by atoms with E-state index in [2.05, 4.69) is 0 Å². The van der Waals surface area contributed by atoms with E-state index in [1.54, 1.807) is 6.92 Å². The molecule has 6 heteroatoms. The SMILES string of the molecule is CCOCc1cc(C)c(F)c([N+](=O)[O-])c1Cl. The zero-order valence-corrected chi connectivity index (χ0v) is 9.68. The van der Waals surface area contributed by atoms with Gasteiger partial charge in [0.25, 0.3) is 0 Å². The molecule has 0 heterocycles. The van der Waals surface area contributed by atoms with Crippen LogP contribution in [0.2, 0.25) is 5.02 Å². The molecule has 0 unspecified atom stereocenters. The monoisotopic (exact) mass is 247 g/mol. The van der Waals surface area contributed by atoms with Crippen LogP contribution < -0.4 is 0 Å². The van der Waals surface area contributed by atoms with Crippen molar-refractivity contribution in [2.24, 2.45) is 0 Å². The Bertz CT molecular complexity index is 423. The molecule has 0 spiro atoms. The van der Waals surface area contributed by atoms with Gasteiger partial charge >= 0.3 is 5.69 Å². The van der Waals surface area contributed by atoms with Crippen molar-refractivity contribution in [2.75, 3.05) is 6.61 Å². The number of nitrogens with zero attached hydrogens (tertiary/aromatic N) is 1. The van der Waals surface area contributed by atoms with Crippen LogP contribution in [-0.4, -0.2) is 11.5 Å². The smallest absolute Gasteiger partial charge is 0.323 e. The zero-order valence-electron chi connectivity index (χ0n) is 8.92. The molecule has 0 aromatic heterocycles. The van der Waals surface area contributed by atoms with Crippen LogP contribution in [0.25, 0.3) is 0 Å². The van der Waals surface area contributed by atoms with E-state index in [0.717, 1.165) is 0 Å². The van der Waals surface area contributed by atoms with E-state index >= 15 is 0 Å². The average molecular weight is 248 g/mol. The maximum absolute atomic E-state index is 13.4. The number of nitro benzene ring substituents is 1. The first-order chi connectivity index (χ1) is 7.49. The third-order valence-corrected chi connectivity index (χ3v) is 2.50. The molecule has 4 nitrogen and oxygen atoms in total. The van der Waals surface area contributed by atoms with Gasteiger partial charge in [-0.25, -0.2) is 0 Å². The highest BCUT2D eigenvalue weighted by Gasteiger charge is 2.24. The van der Waals surface area contributed by atoms with Gasteiger partial charge in [-0.05, 0) is 25.5 Å². The molecule has 1 rings (SSSR count). The summed E-state index contributed by atoms with van der Waals surface area (Å²) >= 11 is 5.76. The Morgan fingerprint density at radius 3 is 2.75 bits per heavy atom. The molecule has 0 N–H and O–H groups in total. The minimum atomic E-state index is -0.893. The minimum Gasteiger partial charge on any atom is -0.377 e. The van der Waals surface area contributed by atoms with Gasteiger partial charge in [-0.2, -0.15) is 4.39 Å². The molecular weight excluding hydrogens is 237 g/mol. The second-order valence-electron chi connectivity index (χ2n) is 3.22. The molecule has 0 saturated heterocycles. The Balaban J connectivity index is 3.27. The van der Waals surface area contributed by atoms with Crippen molar-refractivity contribution in [3.63, 3.8) is 0 Å². The van der Waals surface area contributed by atoms with Crippen molar-refractivity contribution in [2.45, 2.75) is 20.5 Å². The average Bonchev–Trinajstić information content (AvgIpc) is 2.21. The number of hydrogen-bond acceptors (Lipinski definition) is 3. The lowest BCUT2D eigenvalue weighted by Gasteiger charge is -2.07. The van der Waals surface area contributed by atoms with Gasteiger partial charge < -0.3 is 4.74 Å². The van der Waals surface area contributed by atoms with Crippen molar-refractivity contribution in [3.05, 3.63) is 38.1 Å². The third kappa shape index (κ3) is 2.48. The number of ether oxygens (including phenoxy) is 1. The molecule has 0 fully saturated rings. The lowest BCUT2D eigenvalue weighted by Crippen LogP contribution is -2.01. The summed E-state index contributed by atoms with van der Waals surface area (Å²) in [4.78, 5) is 9.84. The van der Waals surface area contributed by atoms with Crippen molar-refractivity contribution in [1.82, 2.24) is 0 Å². The van der Waals surface area contributed by atoms with Crippen LogP contribution in [0.15, 0.2) is 6.07 Å². The van der Waals surface area contributed by atoms with E-state index in [-0.39, 0.29) is 17.2 Å². The highest BCUT2D eigenvalue weighted by molar-refractivity contribution is 6.33. The molecule has 0 atom stereocenters. The van der Waals surface area contributed by atoms with E-state index < -0.39 is 16.4 Å². The van der Waals surface area contributed by atoms with Crippen LogP contribution in [0.3, 0.4) is 0 Å². The van der Waals surface area contributed by atoms with Gasteiger partial charge in [0.1, 0.15) is 5.02 Å². The molecule has 1 aromatic rings. The van der Waals surface area contributed by atoms with Crippen LogP contribution in [0.5, 0.6) is 0 Å². The fraction of sp³-hybridized carbons (Fsp3) is 0.400. The predicted octanol–water partition coefficient (Wildman–Crippen LogP) is 3.23. The van der Waals surface area contributed by atoms with Crippen molar-refractivity contribution in [1.29, 1.82) is 0 Å². The maximum atomic E-state index is 13.4. The topological polar surface area (TPSA) is 52.4 Å². The van der Waals surface area contributed by atoms with Gasteiger partial charge in [-0.15, -0.1) is 0 Å². The van der Waals surface area contributed by atoms with Crippen LogP contribution in [0.1, 0.15) is 18.1 Å². The Hall–Kier alpha value is -1.20. The summed E-state index contributed by atoms with van der Waals surface area (Å²) in [6, 6.07) is 1.46. The number of hydrogen-bond donors (Lipinski definition) is 0. The first kappa shape index (κ1) is 12.9. The number of halogens is 2. The standard InChI is InChI=1S/C10H11ClFNO3/c1-3-16-5-7-4-6(2)9(12)10(8(7)11)13(14)15/h4H,3,5H2,1-2H3. The quantitative estimate of drug-likeness (QED) is 0.606. The van der Waals surface area contributed by atoms with Crippen molar-refractivity contribution >= 4 is 17.3 Å². The van der Waals surface area contributed by atoms with Crippen LogP contribution in [0.4, 0.5) is 10.1 Å². The number of benzene rings is 1. The first-order valence-electron chi connectivity index (χ1n) is 4.68. The van der Waals surface area contributed by atoms with E-state index in [1.165, 1.54) is 13.0 Å². The third-order valence-electron chi connectivity index (χ3n) is 2.08. The van der Waals surface area contributed by atoms with Gasteiger partial charge in [-0.1, -0.05) is 11.6 Å². The van der Waals surface area contributed by atoms with Crippen LogP contribution in [-0.2, 0) is 11.3 Å². The summed E-state index contributed by atoms with van der Waals surface area (Å²) < 4.78 is 18.5. The fourth-order valence-corrected chi connectivity index (χ4v) is 1.56. The van der Waals surface area contributed by atoms with Crippen LogP contribution >= 0.6 is 11.6 Å². The predicted molar refractivity (Wildman–Crippen MR) is 58.1 cm³/mol. The second-order valence-corrected chi connectivity index (χ2v) is 3.60. The largest absolute Gasteiger partial charge is 0.377 e. The van der Waals surface area contributed by atoms with Crippen molar-refractivity contribution in [3.8, 4) is 0 Å². The first-order valence-corrected chi connectivity index (χ1v) is 5.06. The highest BCUT2D eigenvalue weighted by atomic mass is 35.5. The van der Waals surface area contributed by atoms with E-state index in [1.807, 2.05) is 0 Å². The van der Waals surface area contributed by atoms with Crippen molar-refractivity contribution < 1.29 is 14.1 Å². The maximum Gasteiger partial charge on any atom is 0.323 e. The Morgan fingerprint density at radius 2 is 2.25 bits per heavy atom. The molecule has 0 aliphatic carbocycles. The van der Waals surface area contributed by atoms with Crippen LogP contribution in [0, 0.1) is 22.9 Å². The second kappa shape index (κ2) is 5.23. The molecule has 0 aliphatic heterocycles. The number of aryl methyl sites for hydroxylation is 1. The molecule has 0 aliphatic rings. The lowest BCUT2D eigenvalue weighted by atomic mass is 10.1. The van der Waals surface area contributed by atoms with Gasteiger partial charge in [0.05, 0.1) is 11.5 Å². The van der Waals surface area contributed by atoms with Gasteiger partial charge in [0, 0.05) is 12.2 Å². The molecule has 0 saturated carbocycles. The molecule has 16 heavy (non-hydrogen) atoms. The minimum absolute atomic E-state index is 0.136. The molecule has 0 radical (unpaired) electrons. The Kier molecular flexibility index (Phi) is 4.20. The highest BCUT2D eigenvalue weighted by Crippen LogP contribution is 2.33. The van der Waals surface area contributed by atoms with Gasteiger partial charge in [0.15, 0.2) is 0 Å². The number of rotatable bonds is 4.